The molecule has 8 nitrogen and oxygen atoms in total. The largest absolute Gasteiger partial charge is 0.247 e. The van der Waals surface area contributed by atoms with Crippen LogP contribution in [0.15, 0.2) is 437 Å². The van der Waals surface area contributed by atoms with Crippen molar-refractivity contribution in [3.05, 3.63) is 437 Å². The van der Waals surface area contributed by atoms with Crippen LogP contribution in [0.4, 0.5) is 0 Å². The Morgan fingerprint density at radius 2 is 0.367 bits per heavy atom. The van der Waals surface area contributed by atoms with E-state index < -0.39 is 0 Å². The normalized spacial score (nSPS) is 11.3. The molecule has 0 unspecified atom stereocenters. The Hall–Kier alpha value is -16.2. The summed E-state index contributed by atoms with van der Waals surface area (Å²) in [6.07, 6.45) is 0. The van der Waals surface area contributed by atoms with Gasteiger partial charge in [0.25, 0.3) is 0 Å². The molecule has 0 spiro atoms. The molecule has 4 aromatic heterocycles. The second-order valence-corrected chi connectivity index (χ2v) is 30.1. The van der Waals surface area contributed by atoms with Gasteiger partial charge >= 0.3 is 0 Å². The zero-order valence-electron chi connectivity index (χ0n) is 65.1. The van der Waals surface area contributed by atoms with Gasteiger partial charge in [0.1, 0.15) is 0 Å². The Morgan fingerprint density at radius 1 is 0.117 bits per heavy atom. The van der Waals surface area contributed by atoms with E-state index in [1.165, 1.54) is 54.2 Å². The van der Waals surface area contributed by atoms with Crippen LogP contribution in [-0.2, 0) is 0 Å². The SMILES string of the molecule is c1ccc(-c2ccc(-c3nc(-c4ccccc4)nc(-c4ccc(-c5cccc(-c6ccc(-c7nc8c9ccccc9ccc8c8ccccc78)cc6)c5)cc4)n3)cc2)cc1.c1ccc(-c2ccc(-c3nc(-c4ccccc4)nc(-c4ccc(-c5cccc(-c6ccc(-c7nc8cc9ccccc9cc8c8ccccc78)cc6)c5)cc4)n3)cc2)cc1. The van der Waals surface area contributed by atoms with Crippen molar-refractivity contribution in [1.82, 2.24) is 39.9 Å². The highest BCUT2D eigenvalue weighted by Crippen LogP contribution is 2.41. The molecule has 8 heteroatoms. The minimum Gasteiger partial charge on any atom is -0.247 e. The third kappa shape index (κ3) is 14.3. The molecule has 18 aromatic carbocycles. The summed E-state index contributed by atoms with van der Waals surface area (Å²) in [6, 6.07) is 153. The van der Waals surface area contributed by atoms with E-state index in [-0.39, 0.29) is 0 Å². The molecular formula is C112H72N8. The fraction of sp³-hybridized carbons (Fsp3) is 0. The molecule has 560 valence electrons. The van der Waals surface area contributed by atoms with Crippen LogP contribution in [0, 0.1) is 0 Å². The van der Waals surface area contributed by atoms with Crippen LogP contribution in [0.2, 0.25) is 0 Å². The van der Waals surface area contributed by atoms with Gasteiger partial charge in [-0.3, -0.25) is 0 Å². The maximum absolute atomic E-state index is 5.33. The second-order valence-electron chi connectivity index (χ2n) is 30.1. The van der Waals surface area contributed by atoms with Gasteiger partial charge < -0.3 is 0 Å². The first-order valence-electron chi connectivity index (χ1n) is 40.4. The van der Waals surface area contributed by atoms with Gasteiger partial charge in [0.15, 0.2) is 34.9 Å². The Labute approximate surface area is 694 Å². The fourth-order valence-electron chi connectivity index (χ4n) is 16.4. The summed E-state index contributed by atoms with van der Waals surface area (Å²) >= 11 is 0. The predicted octanol–water partition coefficient (Wildman–Crippen LogP) is 28.8. The first-order valence-corrected chi connectivity index (χ1v) is 40.4. The summed E-state index contributed by atoms with van der Waals surface area (Å²) in [5, 5.41) is 11.9. The van der Waals surface area contributed by atoms with E-state index in [1.807, 2.05) is 72.8 Å². The van der Waals surface area contributed by atoms with Crippen LogP contribution >= 0.6 is 0 Å². The molecule has 0 atom stereocenters. The van der Waals surface area contributed by atoms with Crippen molar-refractivity contribution < 1.29 is 0 Å². The summed E-state index contributed by atoms with van der Waals surface area (Å²) in [6.45, 7) is 0. The highest BCUT2D eigenvalue weighted by molar-refractivity contribution is 6.18. The Balaban J connectivity index is 0.000000148. The van der Waals surface area contributed by atoms with Crippen LogP contribution in [0.5, 0.6) is 0 Å². The van der Waals surface area contributed by atoms with Gasteiger partial charge in [-0.2, -0.15) is 0 Å². The Morgan fingerprint density at radius 3 is 0.742 bits per heavy atom. The lowest BCUT2D eigenvalue weighted by Gasteiger charge is -2.13. The smallest absolute Gasteiger partial charge is 0.164 e. The molecule has 0 aliphatic heterocycles. The van der Waals surface area contributed by atoms with Gasteiger partial charge in [-0.25, -0.2) is 39.9 Å². The number of hydrogen-bond acceptors (Lipinski definition) is 8. The molecule has 22 rings (SSSR count). The third-order valence-corrected chi connectivity index (χ3v) is 22.7. The molecule has 0 amide bonds. The zero-order valence-corrected chi connectivity index (χ0v) is 65.1. The molecule has 22 aromatic rings. The molecule has 0 fully saturated rings. The van der Waals surface area contributed by atoms with Crippen LogP contribution in [0.25, 0.3) is 222 Å². The molecule has 0 N–H and O–H groups in total. The van der Waals surface area contributed by atoms with Crippen LogP contribution in [0.1, 0.15) is 0 Å². The van der Waals surface area contributed by atoms with Gasteiger partial charge in [-0.15, -0.1) is 0 Å². The van der Waals surface area contributed by atoms with E-state index in [9.17, 15) is 0 Å². The van der Waals surface area contributed by atoms with E-state index in [0.717, 1.165) is 133 Å². The van der Waals surface area contributed by atoms with Crippen molar-refractivity contribution in [2.45, 2.75) is 0 Å². The maximum Gasteiger partial charge on any atom is 0.164 e. The first kappa shape index (κ1) is 71.6. The van der Waals surface area contributed by atoms with Crippen molar-refractivity contribution >= 4 is 64.9 Å². The summed E-state index contributed by atoms with van der Waals surface area (Å²) < 4.78 is 0. The number of aromatic nitrogens is 8. The minimum atomic E-state index is 0.633. The maximum atomic E-state index is 5.33. The quantitative estimate of drug-likeness (QED) is 0.0784. The zero-order chi connectivity index (χ0) is 79.7. The predicted molar refractivity (Wildman–Crippen MR) is 496 cm³/mol. The van der Waals surface area contributed by atoms with E-state index in [1.54, 1.807) is 0 Å². The number of hydrogen-bond donors (Lipinski definition) is 0. The third-order valence-electron chi connectivity index (χ3n) is 22.7. The fourth-order valence-corrected chi connectivity index (χ4v) is 16.4. The van der Waals surface area contributed by atoms with E-state index in [4.69, 9.17) is 39.9 Å². The number of nitrogens with zero attached hydrogens (tertiary/aromatic N) is 8. The second kappa shape index (κ2) is 31.6. The van der Waals surface area contributed by atoms with Crippen LogP contribution in [0.3, 0.4) is 0 Å². The first-order chi connectivity index (χ1) is 59.4. The highest BCUT2D eigenvalue weighted by Gasteiger charge is 2.20. The van der Waals surface area contributed by atoms with Crippen LogP contribution in [-0.4, -0.2) is 39.9 Å². The van der Waals surface area contributed by atoms with Gasteiger partial charge in [0.2, 0.25) is 0 Å². The van der Waals surface area contributed by atoms with Crippen molar-refractivity contribution in [2.75, 3.05) is 0 Å². The molecule has 0 radical (unpaired) electrons. The Kier molecular flexibility index (Phi) is 18.8. The summed E-state index contributed by atoms with van der Waals surface area (Å²) in [5.41, 5.74) is 25.6. The minimum absolute atomic E-state index is 0.633. The molecule has 4 heterocycles. The molecule has 0 saturated carbocycles. The average molecular weight is 1530 g/mol. The van der Waals surface area contributed by atoms with Gasteiger partial charge in [-0.1, -0.05) is 413 Å². The lowest BCUT2D eigenvalue weighted by molar-refractivity contribution is 1.07. The molecule has 0 bridgehead atoms. The standard InChI is InChI=1S/2C56H36N4/c1-3-12-37(13-4-1)38-24-30-44(31-25-38)55-58-54(43-15-5-2-6-16-43)59-56(60-55)45-32-26-40(27-33-45)47-18-11-17-46(36-47)39-22-28-42(29-23-39)52-50-21-10-9-20-49(50)51-35-34-41-14-7-8-19-48(41)53(51)57-52;1-3-12-37(13-4-1)38-24-30-43(31-25-38)55-58-54(42-14-5-2-6-15-42)59-56(60-55)44-32-26-40(27-33-44)46-19-11-18-45(34-46)39-22-28-41(29-23-39)53-50-21-10-9-20-49(50)51-35-47-16-7-8-17-48(47)36-52(51)57-53/h2*1-36H. The van der Waals surface area contributed by atoms with Crippen molar-refractivity contribution in [1.29, 1.82) is 0 Å². The Bertz CT molecular complexity index is 7510. The topological polar surface area (TPSA) is 103 Å². The molecule has 0 aliphatic rings. The summed E-state index contributed by atoms with van der Waals surface area (Å²) in [7, 11) is 0. The van der Waals surface area contributed by atoms with Gasteiger partial charge in [0, 0.05) is 71.4 Å². The lowest BCUT2D eigenvalue weighted by atomic mass is 9.95. The number of pyridine rings is 2. The van der Waals surface area contributed by atoms with Crippen molar-refractivity contribution in [3.63, 3.8) is 0 Å². The number of benzene rings is 18. The molecule has 0 saturated heterocycles. The average Bonchev–Trinajstić information content (AvgIpc) is 0.750. The lowest BCUT2D eigenvalue weighted by Crippen LogP contribution is -2.00. The monoisotopic (exact) mass is 1530 g/mol. The van der Waals surface area contributed by atoms with Gasteiger partial charge in [-0.05, 0) is 118 Å². The molecule has 0 aliphatic carbocycles. The van der Waals surface area contributed by atoms with E-state index >= 15 is 0 Å². The van der Waals surface area contributed by atoms with Crippen molar-refractivity contribution in [2.24, 2.45) is 0 Å². The highest BCUT2D eigenvalue weighted by atomic mass is 15.0. The summed E-state index contributed by atoms with van der Waals surface area (Å²) in [5.74, 6) is 3.83. The molecular weight excluding hydrogens is 1460 g/mol. The van der Waals surface area contributed by atoms with E-state index in [0.29, 0.717) is 34.9 Å². The molecule has 120 heavy (non-hydrogen) atoms. The van der Waals surface area contributed by atoms with E-state index in [2.05, 4.69) is 364 Å². The number of fused-ring (bicyclic) bond motifs is 9. The van der Waals surface area contributed by atoms with Gasteiger partial charge in [0.05, 0.1) is 22.4 Å². The van der Waals surface area contributed by atoms with Crippen LogP contribution < -0.4 is 0 Å². The number of rotatable bonds is 14. The summed E-state index contributed by atoms with van der Waals surface area (Å²) in [4.78, 5) is 40.4. The van der Waals surface area contributed by atoms with Crippen molar-refractivity contribution in [3.8, 4) is 158 Å².